The number of amides is 2. The van der Waals surface area contributed by atoms with E-state index in [0.717, 1.165) is 9.87 Å². The third-order valence-electron chi connectivity index (χ3n) is 5.72. The fourth-order valence-electron chi connectivity index (χ4n) is 3.81. The van der Waals surface area contributed by atoms with Gasteiger partial charge in [0.05, 0.1) is 21.8 Å². The van der Waals surface area contributed by atoms with Crippen molar-refractivity contribution in [3.8, 4) is 0 Å². The standard InChI is InChI=1S/C29H26ClN3O4S/c30-23-15-17-24(18-16-23)33(38(36,37)25-11-5-2-6-12-25)21-28(34)32-27-14-8-7-13-26(27)29(35)31-20-19-22-9-3-1-4-10-22/h1-18H,19-21H2,(H,31,35)(H,32,34). The Balaban J connectivity index is 1.51. The summed E-state index contributed by atoms with van der Waals surface area (Å²) in [7, 11) is -4.07. The monoisotopic (exact) mass is 547 g/mol. The molecule has 4 aromatic rings. The van der Waals surface area contributed by atoms with Gasteiger partial charge in [-0.3, -0.25) is 13.9 Å². The van der Waals surface area contributed by atoms with Crippen LogP contribution in [0.5, 0.6) is 0 Å². The van der Waals surface area contributed by atoms with Crippen LogP contribution in [-0.2, 0) is 21.2 Å². The molecule has 7 nitrogen and oxygen atoms in total. The maximum Gasteiger partial charge on any atom is 0.264 e. The summed E-state index contributed by atoms with van der Waals surface area (Å²) >= 11 is 5.99. The maximum absolute atomic E-state index is 13.5. The van der Waals surface area contributed by atoms with Gasteiger partial charge in [-0.2, -0.15) is 0 Å². The predicted molar refractivity (Wildman–Crippen MR) is 150 cm³/mol. The zero-order valence-corrected chi connectivity index (χ0v) is 22.0. The van der Waals surface area contributed by atoms with Crippen molar-refractivity contribution in [2.24, 2.45) is 0 Å². The van der Waals surface area contributed by atoms with E-state index in [9.17, 15) is 18.0 Å². The first kappa shape index (κ1) is 26.9. The molecule has 2 N–H and O–H groups in total. The molecule has 0 saturated carbocycles. The third-order valence-corrected chi connectivity index (χ3v) is 7.76. The van der Waals surface area contributed by atoms with E-state index in [1.54, 1.807) is 54.6 Å². The number of carbonyl (C=O) groups is 2. The molecule has 0 spiro atoms. The minimum absolute atomic E-state index is 0.0425. The molecule has 0 radical (unpaired) electrons. The SMILES string of the molecule is O=C(CN(c1ccc(Cl)cc1)S(=O)(=O)c1ccccc1)Nc1ccccc1C(=O)NCCc1ccccc1. The highest BCUT2D eigenvalue weighted by molar-refractivity contribution is 7.92. The van der Waals surface area contributed by atoms with E-state index in [0.29, 0.717) is 18.0 Å². The van der Waals surface area contributed by atoms with Crippen molar-refractivity contribution in [1.82, 2.24) is 5.32 Å². The second-order valence-corrected chi connectivity index (χ2v) is 10.7. The molecule has 38 heavy (non-hydrogen) atoms. The Morgan fingerprint density at radius 2 is 1.37 bits per heavy atom. The van der Waals surface area contributed by atoms with Crippen molar-refractivity contribution >= 4 is 44.8 Å². The third kappa shape index (κ3) is 6.79. The first-order valence-electron chi connectivity index (χ1n) is 11.9. The van der Waals surface area contributed by atoms with Crippen LogP contribution in [0, 0.1) is 0 Å². The number of sulfonamides is 1. The van der Waals surface area contributed by atoms with Crippen LogP contribution in [0.15, 0.2) is 114 Å². The smallest absolute Gasteiger partial charge is 0.264 e. The van der Waals surface area contributed by atoms with Crippen LogP contribution in [0.3, 0.4) is 0 Å². The van der Waals surface area contributed by atoms with Crippen LogP contribution in [0.25, 0.3) is 0 Å². The number of nitrogens with zero attached hydrogens (tertiary/aromatic N) is 1. The van der Waals surface area contributed by atoms with Gasteiger partial charge in [0, 0.05) is 11.6 Å². The van der Waals surface area contributed by atoms with Gasteiger partial charge in [-0.1, -0.05) is 72.3 Å². The van der Waals surface area contributed by atoms with Crippen molar-refractivity contribution in [2.45, 2.75) is 11.3 Å². The van der Waals surface area contributed by atoms with E-state index >= 15 is 0 Å². The lowest BCUT2D eigenvalue weighted by Gasteiger charge is -2.24. The predicted octanol–water partition coefficient (Wildman–Crippen LogP) is 5.15. The molecule has 0 heterocycles. The van der Waals surface area contributed by atoms with Crippen molar-refractivity contribution in [3.63, 3.8) is 0 Å². The van der Waals surface area contributed by atoms with Gasteiger partial charge in [0.2, 0.25) is 5.91 Å². The highest BCUT2D eigenvalue weighted by Gasteiger charge is 2.27. The highest BCUT2D eigenvalue weighted by atomic mass is 35.5. The molecule has 0 atom stereocenters. The molecular weight excluding hydrogens is 522 g/mol. The Labute approximate surface area is 227 Å². The highest BCUT2D eigenvalue weighted by Crippen LogP contribution is 2.25. The van der Waals surface area contributed by atoms with Gasteiger partial charge in [0.25, 0.3) is 15.9 Å². The number of carbonyl (C=O) groups excluding carboxylic acids is 2. The molecular formula is C29H26ClN3O4S. The molecule has 0 aliphatic rings. The lowest BCUT2D eigenvalue weighted by molar-refractivity contribution is -0.114. The zero-order chi connectivity index (χ0) is 27.0. The number of anilines is 2. The Kier molecular flexibility index (Phi) is 8.78. The minimum Gasteiger partial charge on any atom is -0.352 e. The molecule has 0 unspecified atom stereocenters. The number of rotatable bonds is 10. The van der Waals surface area contributed by atoms with Crippen LogP contribution in [0.2, 0.25) is 5.02 Å². The van der Waals surface area contributed by atoms with Crippen LogP contribution in [-0.4, -0.2) is 33.3 Å². The molecule has 0 bridgehead atoms. The topological polar surface area (TPSA) is 95.6 Å². The largest absolute Gasteiger partial charge is 0.352 e. The molecule has 0 saturated heterocycles. The number of para-hydroxylation sites is 1. The Bertz CT molecular complexity index is 1500. The van der Waals surface area contributed by atoms with E-state index < -0.39 is 22.5 Å². The Morgan fingerprint density at radius 1 is 0.763 bits per heavy atom. The molecule has 4 aromatic carbocycles. The second-order valence-electron chi connectivity index (χ2n) is 8.39. The minimum atomic E-state index is -4.07. The van der Waals surface area contributed by atoms with E-state index in [1.807, 2.05) is 30.3 Å². The van der Waals surface area contributed by atoms with Crippen LogP contribution >= 0.6 is 11.6 Å². The molecule has 9 heteroatoms. The van der Waals surface area contributed by atoms with Gasteiger partial charge < -0.3 is 10.6 Å². The summed E-state index contributed by atoms with van der Waals surface area (Å²) in [4.78, 5) is 26.1. The fourth-order valence-corrected chi connectivity index (χ4v) is 5.38. The quantitative estimate of drug-likeness (QED) is 0.287. The number of nitrogens with one attached hydrogen (secondary N) is 2. The van der Waals surface area contributed by atoms with Crippen LogP contribution in [0.4, 0.5) is 11.4 Å². The van der Waals surface area contributed by atoms with Crippen LogP contribution in [0.1, 0.15) is 15.9 Å². The number of benzene rings is 4. The van der Waals surface area contributed by atoms with Crippen molar-refractivity contribution in [3.05, 3.63) is 125 Å². The van der Waals surface area contributed by atoms with Gasteiger partial charge in [-0.05, 0) is 60.5 Å². The van der Waals surface area contributed by atoms with Crippen molar-refractivity contribution in [2.75, 3.05) is 22.7 Å². The maximum atomic E-state index is 13.5. The molecule has 0 aliphatic carbocycles. The zero-order valence-electron chi connectivity index (χ0n) is 20.4. The molecule has 194 valence electrons. The lowest BCUT2D eigenvalue weighted by atomic mass is 10.1. The van der Waals surface area contributed by atoms with E-state index in [-0.39, 0.29) is 27.7 Å². The summed E-state index contributed by atoms with van der Waals surface area (Å²) in [5.41, 5.74) is 1.93. The van der Waals surface area contributed by atoms with Crippen molar-refractivity contribution in [1.29, 1.82) is 0 Å². The van der Waals surface area contributed by atoms with E-state index in [4.69, 9.17) is 11.6 Å². The van der Waals surface area contributed by atoms with E-state index in [2.05, 4.69) is 10.6 Å². The lowest BCUT2D eigenvalue weighted by Crippen LogP contribution is -2.38. The van der Waals surface area contributed by atoms with Crippen LogP contribution < -0.4 is 14.9 Å². The summed E-state index contributed by atoms with van der Waals surface area (Å²) < 4.78 is 27.9. The van der Waals surface area contributed by atoms with Gasteiger partial charge >= 0.3 is 0 Å². The van der Waals surface area contributed by atoms with Gasteiger partial charge in [0.1, 0.15) is 6.54 Å². The first-order valence-corrected chi connectivity index (χ1v) is 13.7. The number of hydrogen-bond donors (Lipinski definition) is 2. The molecule has 0 fully saturated rings. The second kappa shape index (κ2) is 12.4. The average Bonchev–Trinajstić information content (AvgIpc) is 2.93. The molecule has 2 amide bonds. The average molecular weight is 548 g/mol. The Morgan fingerprint density at radius 3 is 2.05 bits per heavy atom. The molecule has 0 aliphatic heterocycles. The molecule has 0 aromatic heterocycles. The van der Waals surface area contributed by atoms with Gasteiger partial charge in [-0.15, -0.1) is 0 Å². The summed E-state index contributed by atoms with van der Waals surface area (Å²) in [5.74, 6) is -0.952. The number of halogens is 1. The summed E-state index contributed by atoms with van der Waals surface area (Å²) in [6, 6.07) is 30.4. The molecule has 4 rings (SSSR count). The summed E-state index contributed by atoms with van der Waals surface area (Å²) in [5, 5.41) is 6.01. The van der Waals surface area contributed by atoms with E-state index in [1.165, 1.54) is 24.3 Å². The summed E-state index contributed by atoms with van der Waals surface area (Å²) in [6.45, 7) is -0.0897. The van der Waals surface area contributed by atoms with Gasteiger partial charge in [0.15, 0.2) is 0 Å². The van der Waals surface area contributed by atoms with Crippen molar-refractivity contribution < 1.29 is 18.0 Å². The number of hydrogen-bond acceptors (Lipinski definition) is 4. The fraction of sp³-hybridized carbons (Fsp3) is 0.103. The van der Waals surface area contributed by atoms with Gasteiger partial charge in [-0.25, -0.2) is 8.42 Å². The normalized spacial score (nSPS) is 11.0. The Hall–Kier alpha value is -4.14. The first-order chi connectivity index (χ1) is 18.3. The summed E-state index contributed by atoms with van der Waals surface area (Å²) in [6.07, 6.45) is 0.661.